The maximum atomic E-state index is 14.8. The zero-order valence-corrected chi connectivity index (χ0v) is 14.7. The molecule has 3 heterocycles. The average Bonchev–Trinajstić information content (AvgIpc) is 3.38. The molecule has 5 nitrogen and oxygen atoms in total. The highest BCUT2D eigenvalue weighted by Crippen LogP contribution is 2.40. The molecule has 1 aliphatic rings. The van der Waals surface area contributed by atoms with Crippen LogP contribution in [-0.2, 0) is 0 Å². The summed E-state index contributed by atoms with van der Waals surface area (Å²) in [5, 5.41) is 0.359. The quantitative estimate of drug-likeness (QED) is 0.587. The van der Waals surface area contributed by atoms with Crippen molar-refractivity contribution < 1.29 is 4.39 Å². The van der Waals surface area contributed by atoms with Crippen LogP contribution in [0.1, 0.15) is 24.4 Å². The molecule has 1 saturated carbocycles. The van der Waals surface area contributed by atoms with Crippen LogP contribution in [0.4, 0.5) is 4.39 Å². The van der Waals surface area contributed by atoms with Gasteiger partial charge in [0.25, 0.3) is 5.56 Å². The second kappa shape index (κ2) is 5.35. The number of hydrogen-bond donors (Lipinski definition) is 1. The number of aromatic amines is 1. The monoisotopic (exact) mass is 367 g/mol. The first-order chi connectivity index (χ1) is 12.5. The molecule has 4 aromatic rings. The van der Waals surface area contributed by atoms with Crippen molar-refractivity contribution in [3.05, 3.63) is 62.4 Å². The van der Waals surface area contributed by atoms with Gasteiger partial charge in [0.2, 0.25) is 5.43 Å². The number of nitrogens with one attached hydrogen (secondary N) is 1. The third-order valence-corrected chi connectivity index (χ3v) is 5.70. The number of H-pyrrole nitrogens is 1. The molecule has 130 valence electrons. The predicted octanol–water partition coefficient (Wildman–Crippen LogP) is 3.75. The van der Waals surface area contributed by atoms with Crippen molar-refractivity contribution in [3.63, 3.8) is 0 Å². The van der Waals surface area contributed by atoms with E-state index < -0.39 is 16.8 Å². The Hall–Kier alpha value is -2.80. The summed E-state index contributed by atoms with van der Waals surface area (Å²) >= 11 is 1.16. The zero-order chi connectivity index (χ0) is 18.0. The van der Waals surface area contributed by atoms with E-state index in [2.05, 4.69) is 9.36 Å². The molecule has 1 aliphatic carbocycles. The van der Waals surface area contributed by atoms with Gasteiger partial charge in [0, 0.05) is 23.2 Å². The number of aromatic nitrogens is 3. The van der Waals surface area contributed by atoms with E-state index in [0.717, 1.165) is 29.9 Å². The number of hydrogen-bond acceptors (Lipinski definition) is 4. The molecule has 0 saturated heterocycles. The summed E-state index contributed by atoms with van der Waals surface area (Å²) < 4.78 is 19.5. The fourth-order valence-corrected chi connectivity index (χ4v) is 4.35. The Bertz CT molecular complexity index is 1310. The van der Waals surface area contributed by atoms with Crippen LogP contribution < -0.4 is 11.0 Å². The van der Waals surface area contributed by atoms with E-state index in [1.165, 1.54) is 6.07 Å². The van der Waals surface area contributed by atoms with E-state index >= 15 is 0 Å². The molecule has 5 rings (SSSR count). The number of pyridine rings is 2. The Morgan fingerprint density at radius 2 is 2.08 bits per heavy atom. The first-order valence-electron chi connectivity index (χ1n) is 8.36. The average molecular weight is 367 g/mol. The Morgan fingerprint density at radius 1 is 1.27 bits per heavy atom. The molecule has 0 radical (unpaired) electrons. The third kappa shape index (κ3) is 2.17. The summed E-state index contributed by atoms with van der Waals surface area (Å²) in [5.41, 5.74) is 1.69. The first-order valence-corrected chi connectivity index (χ1v) is 9.18. The normalized spacial score (nSPS) is 14.4. The molecule has 1 N–H and O–H groups in total. The fraction of sp³-hybridized carbons (Fsp3) is 0.211. The van der Waals surface area contributed by atoms with Gasteiger partial charge in [0.05, 0.1) is 11.2 Å². The Labute approximate surface area is 150 Å². The molecule has 0 bridgehead atoms. The van der Waals surface area contributed by atoms with Crippen molar-refractivity contribution in [2.45, 2.75) is 25.8 Å². The van der Waals surface area contributed by atoms with Crippen molar-refractivity contribution in [1.29, 1.82) is 0 Å². The number of fused-ring (bicyclic) bond motifs is 2. The summed E-state index contributed by atoms with van der Waals surface area (Å²) in [6.07, 6.45) is 3.60. The molecule has 0 spiro atoms. The van der Waals surface area contributed by atoms with Crippen LogP contribution in [0.15, 0.2) is 40.1 Å². The maximum Gasteiger partial charge on any atom is 0.271 e. The molecule has 1 aromatic carbocycles. The smallest absolute Gasteiger partial charge is 0.271 e. The lowest BCUT2D eigenvalue weighted by Gasteiger charge is -2.13. The summed E-state index contributed by atoms with van der Waals surface area (Å²) in [4.78, 5) is 29.8. The number of halogens is 1. The van der Waals surface area contributed by atoms with Gasteiger partial charge >= 0.3 is 0 Å². The van der Waals surface area contributed by atoms with Gasteiger partial charge in [0.15, 0.2) is 0 Å². The number of benzene rings is 1. The minimum atomic E-state index is -0.513. The molecule has 7 heteroatoms. The Kier molecular flexibility index (Phi) is 3.18. The molecule has 26 heavy (non-hydrogen) atoms. The van der Waals surface area contributed by atoms with Gasteiger partial charge in [-0.1, -0.05) is 0 Å². The Balaban J connectivity index is 1.94. The topological polar surface area (TPSA) is 67.8 Å². The molecule has 0 atom stereocenters. The second-order valence-electron chi connectivity index (χ2n) is 6.71. The lowest BCUT2D eigenvalue weighted by Crippen LogP contribution is -2.15. The highest BCUT2D eigenvalue weighted by atomic mass is 32.1. The minimum Gasteiger partial charge on any atom is -0.328 e. The van der Waals surface area contributed by atoms with Crippen LogP contribution in [0.3, 0.4) is 0 Å². The molecule has 1 fully saturated rings. The molecule has 3 aromatic heterocycles. The number of rotatable bonds is 2. The molecule has 0 aliphatic heterocycles. The first kappa shape index (κ1) is 15.5. The highest BCUT2D eigenvalue weighted by molar-refractivity contribution is 7.12. The lowest BCUT2D eigenvalue weighted by molar-refractivity contribution is 0.632. The van der Waals surface area contributed by atoms with Gasteiger partial charge in [-0.05, 0) is 61.1 Å². The minimum absolute atomic E-state index is 0.121. The predicted molar refractivity (Wildman–Crippen MR) is 100 cm³/mol. The maximum absolute atomic E-state index is 14.8. The summed E-state index contributed by atoms with van der Waals surface area (Å²) in [6, 6.07) is 6.83. The largest absolute Gasteiger partial charge is 0.328 e. The van der Waals surface area contributed by atoms with Gasteiger partial charge < -0.3 is 4.57 Å². The van der Waals surface area contributed by atoms with Gasteiger partial charge in [-0.15, -0.1) is 0 Å². The Morgan fingerprint density at radius 3 is 2.81 bits per heavy atom. The van der Waals surface area contributed by atoms with Gasteiger partial charge in [-0.2, -0.15) is 0 Å². The number of aryl methyl sites for hydroxylation is 1. The van der Waals surface area contributed by atoms with Gasteiger partial charge in [-0.25, -0.2) is 4.39 Å². The van der Waals surface area contributed by atoms with E-state index in [4.69, 9.17) is 0 Å². The summed E-state index contributed by atoms with van der Waals surface area (Å²) in [5.74, 6) is -0.513. The van der Waals surface area contributed by atoms with E-state index in [1.54, 1.807) is 12.3 Å². The summed E-state index contributed by atoms with van der Waals surface area (Å²) in [7, 11) is 0. The van der Waals surface area contributed by atoms with Gasteiger partial charge in [-0.3, -0.25) is 18.9 Å². The van der Waals surface area contributed by atoms with E-state index in [0.29, 0.717) is 21.6 Å². The van der Waals surface area contributed by atoms with Crippen molar-refractivity contribution in [2.75, 3.05) is 0 Å². The third-order valence-electron chi connectivity index (χ3n) is 4.82. The molecule has 0 unspecified atom stereocenters. The van der Waals surface area contributed by atoms with Crippen LogP contribution in [0.5, 0.6) is 0 Å². The van der Waals surface area contributed by atoms with Gasteiger partial charge in [0.1, 0.15) is 16.0 Å². The SMILES string of the molecule is Cc1ccnc(-c2cc3c(cc2F)c(=O)c2c(=O)[nH]sc2n3C2CC2)c1. The van der Waals surface area contributed by atoms with Crippen LogP contribution in [0, 0.1) is 12.7 Å². The molecule has 0 amide bonds. The van der Waals surface area contributed by atoms with E-state index in [-0.39, 0.29) is 16.8 Å². The van der Waals surface area contributed by atoms with Crippen molar-refractivity contribution in [2.24, 2.45) is 0 Å². The van der Waals surface area contributed by atoms with Crippen molar-refractivity contribution in [1.82, 2.24) is 13.9 Å². The second-order valence-corrected chi connectivity index (χ2v) is 7.51. The van der Waals surface area contributed by atoms with Crippen molar-refractivity contribution >= 4 is 32.7 Å². The van der Waals surface area contributed by atoms with E-state index in [9.17, 15) is 14.0 Å². The fourth-order valence-electron chi connectivity index (χ4n) is 3.43. The zero-order valence-electron chi connectivity index (χ0n) is 13.9. The van der Waals surface area contributed by atoms with Crippen LogP contribution in [0.25, 0.3) is 32.4 Å². The molecular weight excluding hydrogens is 353 g/mol. The van der Waals surface area contributed by atoms with Crippen molar-refractivity contribution in [3.8, 4) is 11.3 Å². The highest BCUT2D eigenvalue weighted by Gasteiger charge is 2.29. The van der Waals surface area contributed by atoms with Crippen LogP contribution in [-0.4, -0.2) is 13.9 Å². The number of nitrogens with zero attached hydrogens (tertiary/aromatic N) is 2. The lowest BCUT2D eigenvalue weighted by atomic mass is 10.0. The van der Waals surface area contributed by atoms with E-state index in [1.807, 2.05) is 23.6 Å². The van der Waals surface area contributed by atoms with Crippen LogP contribution >= 0.6 is 11.5 Å². The summed E-state index contributed by atoms with van der Waals surface area (Å²) in [6.45, 7) is 1.92. The standard InChI is InChI=1S/C19H14FN3O2S/c1-9-4-5-21-14(6-9)11-8-15-12(7-13(11)20)17(24)16-18(25)22-26-19(16)23(15)10-2-3-10/h4-8,10H,2-3H2,1H3,(H,22,25). The van der Waals surface area contributed by atoms with Crippen LogP contribution in [0.2, 0.25) is 0 Å². The molecular formula is C19H14FN3O2S.